The SMILES string of the molecule is CCCCCC(C)Nc1nnc(CCN)o1. The van der Waals surface area contributed by atoms with Crippen LogP contribution in [-0.2, 0) is 6.42 Å². The highest BCUT2D eigenvalue weighted by Crippen LogP contribution is 2.10. The lowest BCUT2D eigenvalue weighted by molar-refractivity contribution is 0.495. The van der Waals surface area contributed by atoms with Crippen LogP contribution in [0, 0.1) is 0 Å². The maximum atomic E-state index is 5.40. The number of unbranched alkanes of at least 4 members (excludes halogenated alkanes) is 2. The first-order valence-electron chi connectivity index (χ1n) is 6.05. The second kappa shape index (κ2) is 7.22. The minimum absolute atomic E-state index is 0.373. The minimum Gasteiger partial charge on any atom is -0.408 e. The van der Waals surface area contributed by atoms with Crippen LogP contribution in [0.15, 0.2) is 4.42 Å². The van der Waals surface area contributed by atoms with Crippen molar-refractivity contribution in [3.63, 3.8) is 0 Å². The standard InChI is InChI=1S/C11H22N4O/c1-3-4-5-6-9(2)13-11-15-14-10(16-11)7-8-12/h9H,3-8,12H2,1-2H3,(H,13,15). The Morgan fingerprint density at radius 3 is 2.88 bits per heavy atom. The van der Waals surface area contributed by atoms with Crippen molar-refractivity contribution in [3.8, 4) is 0 Å². The highest BCUT2D eigenvalue weighted by molar-refractivity contribution is 5.18. The molecule has 0 saturated carbocycles. The molecule has 1 aromatic rings. The number of rotatable bonds is 8. The van der Waals surface area contributed by atoms with E-state index in [9.17, 15) is 0 Å². The molecule has 0 amide bonds. The van der Waals surface area contributed by atoms with Gasteiger partial charge in [-0.2, -0.15) is 0 Å². The molecule has 0 fully saturated rings. The highest BCUT2D eigenvalue weighted by Gasteiger charge is 2.08. The molecule has 0 aliphatic rings. The lowest BCUT2D eigenvalue weighted by atomic mass is 10.1. The molecule has 3 N–H and O–H groups in total. The molecule has 0 aliphatic heterocycles. The van der Waals surface area contributed by atoms with E-state index in [1.807, 2.05) is 0 Å². The predicted octanol–water partition coefficient (Wildman–Crippen LogP) is 1.95. The van der Waals surface area contributed by atoms with E-state index in [2.05, 4.69) is 29.4 Å². The van der Waals surface area contributed by atoms with Gasteiger partial charge in [0.05, 0.1) is 0 Å². The van der Waals surface area contributed by atoms with Crippen molar-refractivity contribution in [3.05, 3.63) is 5.89 Å². The zero-order valence-corrected chi connectivity index (χ0v) is 10.2. The van der Waals surface area contributed by atoms with Crippen LogP contribution in [-0.4, -0.2) is 22.8 Å². The Morgan fingerprint density at radius 2 is 2.19 bits per heavy atom. The molecule has 0 spiro atoms. The van der Waals surface area contributed by atoms with E-state index in [0.29, 0.717) is 30.9 Å². The van der Waals surface area contributed by atoms with E-state index < -0.39 is 0 Å². The molecule has 92 valence electrons. The van der Waals surface area contributed by atoms with Crippen LogP contribution in [0.4, 0.5) is 6.01 Å². The number of nitrogens with one attached hydrogen (secondary N) is 1. The molecule has 5 nitrogen and oxygen atoms in total. The third kappa shape index (κ3) is 4.61. The van der Waals surface area contributed by atoms with Gasteiger partial charge in [0.25, 0.3) is 0 Å². The number of anilines is 1. The van der Waals surface area contributed by atoms with Gasteiger partial charge in [-0.05, 0) is 13.3 Å². The van der Waals surface area contributed by atoms with Crippen molar-refractivity contribution in [1.82, 2.24) is 10.2 Å². The van der Waals surface area contributed by atoms with Crippen molar-refractivity contribution >= 4 is 6.01 Å². The summed E-state index contributed by atoms with van der Waals surface area (Å²) in [6, 6.07) is 0.880. The first kappa shape index (κ1) is 13.0. The van der Waals surface area contributed by atoms with Crippen LogP contribution in [0.1, 0.15) is 45.4 Å². The number of hydrogen-bond acceptors (Lipinski definition) is 5. The van der Waals surface area contributed by atoms with Crippen LogP contribution in [0.2, 0.25) is 0 Å². The number of nitrogens with zero attached hydrogens (tertiary/aromatic N) is 2. The van der Waals surface area contributed by atoms with Crippen LogP contribution in [0.5, 0.6) is 0 Å². The summed E-state index contributed by atoms with van der Waals surface area (Å²) in [7, 11) is 0. The van der Waals surface area contributed by atoms with Crippen LogP contribution in [0.25, 0.3) is 0 Å². The van der Waals surface area contributed by atoms with Crippen LogP contribution in [0.3, 0.4) is 0 Å². The van der Waals surface area contributed by atoms with Crippen molar-refractivity contribution in [2.24, 2.45) is 5.73 Å². The monoisotopic (exact) mass is 226 g/mol. The Bertz CT molecular complexity index is 287. The van der Waals surface area contributed by atoms with Crippen LogP contribution < -0.4 is 11.1 Å². The quantitative estimate of drug-likeness (QED) is 0.662. The largest absolute Gasteiger partial charge is 0.408 e. The summed E-state index contributed by atoms with van der Waals surface area (Å²) in [4.78, 5) is 0. The van der Waals surface area contributed by atoms with Gasteiger partial charge < -0.3 is 15.5 Å². The lowest BCUT2D eigenvalue weighted by Crippen LogP contribution is -2.15. The average Bonchev–Trinajstić information content (AvgIpc) is 2.66. The Labute approximate surface area is 96.8 Å². The summed E-state index contributed by atoms with van der Waals surface area (Å²) in [6.07, 6.45) is 5.51. The van der Waals surface area contributed by atoms with Gasteiger partial charge >= 0.3 is 6.01 Å². The normalized spacial score (nSPS) is 12.7. The Kier molecular flexibility index (Phi) is 5.85. The van der Waals surface area contributed by atoms with E-state index in [1.165, 1.54) is 19.3 Å². The fourth-order valence-electron chi connectivity index (χ4n) is 1.52. The van der Waals surface area contributed by atoms with Gasteiger partial charge in [-0.15, -0.1) is 5.10 Å². The molecule has 1 unspecified atom stereocenters. The zero-order chi connectivity index (χ0) is 11.8. The molecule has 16 heavy (non-hydrogen) atoms. The number of nitrogens with two attached hydrogens (primary N) is 1. The first-order valence-corrected chi connectivity index (χ1v) is 6.05. The topological polar surface area (TPSA) is 77.0 Å². The van der Waals surface area contributed by atoms with E-state index in [0.717, 1.165) is 6.42 Å². The van der Waals surface area contributed by atoms with Gasteiger partial charge in [-0.1, -0.05) is 31.3 Å². The molecule has 1 atom stereocenters. The average molecular weight is 226 g/mol. The van der Waals surface area contributed by atoms with Crippen molar-refractivity contribution in [2.45, 2.75) is 52.0 Å². The highest BCUT2D eigenvalue weighted by atomic mass is 16.4. The molecule has 0 aromatic carbocycles. The Hall–Kier alpha value is -1.10. The minimum atomic E-state index is 0.373. The second-order valence-electron chi connectivity index (χ2n) is 4.08. The smallest absolute Gasteiger partial charge is 0.315 e. The molecular weight excluding hydrogens is 204 g/mol. The number of hydrogen-bond donors (Lipinski definition) is 2. The summed E-state index contributed by atoms with van der Waals surface area (Å²) >= 11 is 0. The Balaban J connectivity index is 2.28. The summed E-state index contributed by atoms with van der Waals surface area (Å²) in [6.45, 7) is 4.87. The second-order valence-corrected chi connectivity index (χ2v) is 4.08. The van der Waals surface area contributed by atoms with Gasteiger partial charge in [-0.25, -0.2) is 0 Å². The summed E-state index contributed by atoms with van der Waals surface area (Å²) < 4.78 is 5.39. The summed E-state index contributed by atoms with van der Waals surface area (Å²) in [5.41, 5.74) is 5.40. The van der Waals surface area contributed by atoms with E-state index in [1.54, 1.807) is 0 Å². The maximum Gasteiger partial charge on any atom is 0.315 e. The predicted molar refractivity (Wildman–Crippen MR) is 64.3 cm³/mol. The molecule has 0 bridgehead atoms. The van der Waals surface area contributed by atoms with E-state index in [4.69, 9.17) is 10.2 Å². The molecule has 1 rings (SSSR count). The molecule has 1 aromatic heterocycles. The maximum absolute atomic E-state index is 5.40. The van der Waals surface area contributed by atoms with Gasteiger partial charge in [0, 0.05) is 19.0 Å². The zero-order valence-electron chi connectivity index (χ0n) is 10.2. The fraction of sp³-hybridized carbons (Fsp3) is 0.818. The fourth-order valence-corrected chi connectivity index (χ4v) is 1.52. The van der Waals surface area contributed by atoms with E-state index in [-0.39, 0.29) is 0 Å². The first-order chi connectivity index (χ1) is 7.76. The van der Waals surface area contributed by atoms with Gasteiger partial charge in [0.15, 0.2) is 0 Å². The van der Waals surface area contributed by atoms with Gasteiger partial charge in [0.2, 0.25) is 5.89 Å². The van der Waals surface area contributed by atoms with Crippen molar-refractivity contribution < 1.29 is 4.42 Å². The molecular formula is C11H22N4O. The van der Waals surface area contributed by atoms with Gasteiger partial charge in [-0.3, -0.25) is 0 Å². The van der Waals surface area contributed by atoms with E-state index >= 15 is 0 Å². The van der Waals surface area contributed by atoms with Crippen molar-refractivity contribution in [1.29, 1.82) is 0 Å². The summed E-state index contributed by atoms with van der Waals surface area (Å²) in [5.74, 6) is 0.603. The third-order valence-corrected chi connectivity index (χ3v) is 2.44. The summed E-state index contributed by atoms with van der Waals surface area (Å²) in [5, 5.41) is 11.0. The lowest BCUT2D eigenvalue weighted by Gasteiger charge is -2.10. The molecule has 0 aliphatic carbocycles. The van der Waals surface area contributed by atoms with Crippen LogP contribution >= 0.6 is 0 Å². The van der Waals surface area contributed by atoms with Gasteiger partial charge in [0.1, 0.15) is 0 Å². The molecule has 5 heteroatoms. The third-order valence-electron chi connectivity index (χ3n) is 2.44. The molecule has 1 heterocycles. The molecule has 0 radical (unpaired) electrons. The molecule has 0 saturated heterocycles. The van der Waals surface area contributed by atoms with Crippen molar-refractivity contribution in [2.75, 3.05) is 11.9 Å². The Morgan fingerprint density at radius 1 is 1.38 bits per heavy atom. The number of aromatic nitrogens is 2.